The molecule has 1 saturated carbocycles. The quantitative estimate of drug-likeness (QED) is 0.378. The average Bonchev–Trinajstić information content (AvgIpc) is 2.97. The van der Waals surface area contributed by atoms with Crippen molar-refractivity contribution in [3.63, 3.8) is 0 Å². The van der Waals surface area contributed by atoms with E-state index >= 15 is 0 Å². The van der Waals surface area contributed by atoms with Crippen molar-refractivity contribution in [3.05, 3.63) is 95.6 Å². The molecule has 2 fully saturated rings. The SMILES string of the molecule is CC[C@H](C(=O)N1CCN(c2ccc(NC(=O)C3CCC3)cc2C(=O)N(C)Cc2ccccc2)CC1)c1ccccc1. The van der Waals surface area contributed by atoms with Crippen molar-refractivity contribution in [2.45, 2.75) is 45.1 Å². The molecule has 1 aliphatic heterocycles. The fourth-order valence-corrected chi connectivity index (χ4v) is 5.74. The van der Waals surface area contributed by atoms with Gasteiger partial charge in [-0.1, -0.05) is 74.0 Å². The molecule has 41 heavy (non-hydrogen) atoms. The molecule has 1 heterocycles. The number of carbonyl (C=O) groups excluding carboxylic acids is 3. The third-order valence-electron chi connectivity index (χ3n) is 8.42. The molecule has 1 aliphatic carbocycles. The molecule has 0 aromatic heterocycles. The van der Waals surface area contributed by atoms with E-state index in [1.54, 1.807) is 4.90 Å². The molecule has 1 atom stereocenters. The Morgan fingerprint density at radius 3 is 2.17 bits per heavy atom. The van der Waals surface area contributed by atoms with Crippen molar-refractivity contribution in [1.82, 2.24) is 9.80 Å². The van der Waals surface area contributed by atoms with Gasteiger partial charge in [-0.3, -0.25) is 14.4 Å². The Morgan fingerprint density at radius 2 is 1.56 bits per heavy atom. The van der Waals surface area contributed by atoms with Crippen molar-refractivity contribution >= 4 is 29.1 Å². The second kappa shape index (κ2) is 13.0. The number of hydrogen-bond donors (Lipinski definition) is 1. The summed E-state index contributed by atoms with van der Waals surface area (Å²) in [6, 6.07) is 25.5. The van der Waals surface area contributed by atoms with E-state index in [4.69, 9.17) is 0 Å². The van der Waals surface area contributed by atoms with Crippen LogP contribution in [0.25, 0.3) is 0 Å². The van der Waals surface area contributed by atoms with Crippen LogP contribution in [-0.4, -0.2) is 60.7 Å². The van der Waals surface area contributed by atoms with E-state index in [9.17, 15) is 14.4 Å². The number of anilines is 2. The van der Waals surface area contributed by atoms with Crippen LogP contribution >= 0.6 is 0 Å². The molecule has 7 heteroatoms. The van der Waals surface area contributed by atoms with E-state index in [0.717, 1.165) is 42.5 Å². The van der Waals surface area contributed by atoms with Gasteiger partial charge in [-0.25, -0.2) is 0 Å². The molecule has 3 amide bonds. The first kappa shape index (κ1) is 28.4. The van der Waals surface area contributed by atoms with E-state index in [-0.39, 0.29) is 29.6 Å². The van der Waals surface area contributed by atoms with Gasteiger partial charge in [0.25, 0.3) is 5.91 Å². The van der Waals surface area contributed by atoms with Gasteiger partial charge in [-0.05, 0) is 48.6 Å². The predicted molar refractivity (Wildman–Crippen MR) is 163 cm³/mol. The summed E-state index contributed by atoms with van der Waals surface area (Å²) in [4.78, 5) is 45.8. The lowest BCUT2D eigenvalue weighted by Gasteiger charge is -2.38. The van der Waals surface area contributed by atoms with Crippen molar-refractivity contribution in [1.29, 1.82) is 0 Å². The number of nitrogens with zero attached hydrogens (tertiary/aromatic N) is 3. The van der Waals surface area contributed by atoms with Gasteiger partial charge >= 0.3 is 0 Å². The maximum Gasteiger partial charge on any atom is 0.256 e. The van der Waals surface area contributed by atoms with Crippen molar-refractivity contribution in [3.8, 4) is 0 Å². The minimum absolute atomic E-state index is 0.0241. The Kier molecular flexibility index (Phi) is 9.02. The monoisotopic (exact) mass is 552 g/mol. The zero-order valence-corrected chi connectivity index (χ0v) is 24.1. The maximum absolute atomic E-state index is 13.8. The smallest absolute Gasteiger partial charge is 0.256 e. The molecule has 0 unspecified atom stereocenters. The topological polar surface area (TPSA) is 73.0 Å². The molecule has 1 N–H and O–H groups in total. The van der Waals surface area contributed by atoms with Crippen molar-refractivity contribution in [2.24, 2.45) is 5.92 Å². The minimum atomic E-state index is -0.148. The molecule has 3 aromatic carbocycles. The van der Waals surface area contributed by atoms with Gasteiger partial charge in [0, 0.05) is 57.1 Å². The standard InChI is InChI=1S/C34H40N4O3/c1-3-29(26-13-8-5-9-14-26)34(41)38-21-19-37(20-22-38)31-18-17-28(35-32(39)27-15-10-16-27)23-30(31)33(40)36(2)24-25-11-6-4-7-12-25/h4-9,11-14,17-18,23,27,29H,3,10,15-16,19-22,24H2,1-2H3,(H,35,39)/t29-/m0/s1. The van der Waals surface area contributed by atoms with Crippen LogP contribution in [0.1, 0.15) is 60.0 Å². The summed E-state index contributed by atoms with van der Waals surface area (Å²) in [5.74, 6) is -0.00676. The second-order valence-corrected chi connectivity index (χ2v) is 11.2. The highest BCUT2D eigenvalue weighted by Gasteiger charge is 2.30. The Hall–Kier alpha value is -4.13. The first-order valence-electron chi connectivity index (χ1n) is 14.8. The first-order valence-corrected chi connectivity index (χ1v) is 14.8. The molecule has 0 spiro atoms. The highest BCUT2D eigenvalue weighted by Crippen LogP contribution is 2.31. The fraction of sp³-hybridized carbons (Fsp3) is 0.382. The molecular weight excluding hydrogens is 512 g/mol. The largest absolute Gasteiger partial charge is 0.367 e. The van der Waals surface area contributed by atoms with Gasteiger partial charge in [-0.15, -0.1) is 0 Å². The number of rotatable bonds is 9. The normalized spacial score (nSPS) is 16.0. The zero-order chi connectivity index (χ0) is 28.8. The van der Waals surface area contributed by atoms with Gasteiger partial charge < -0.3 is 20.0 Å². The first-order chi connectivity index (χ1) is 19.9. The number of piperazine rings is 1. The highest BCUT2D eigenvalue weighted by molar-refractivity contribution is 6.02. The molecule has 0 radical (unpaired) electrons. The van der Waals surface area contributed by atoms with Crippen LogP contribution in [0.5, 0.6) is 0 Å². The third-order valence-corrected chi connectivity index (χ3v) is 8.42. The predicted octanol–water partition coefficient (Wildman–Crippen LogP) is 5.54. The summed E-state index contributed by atoms with van der Waals surface area (Å²) in [7, 11) is 1.81. The lowest BCUT2D eigenvalue weighted by atomic mass is 9.85. The Balaban J connectivity index is 1.33. The van der Waals surface area contributed by atoms with E-state index in [1.807, 2.05) is 90.8 Å². The Labute approximate surface area is 243 Å². The van der Waals surface area contributed by atoms with Crippen LogP contribution in [0.4, 0.5) is 11.4 Å². The lowest BCUT2D eigenvalue weighted by molar-refractivity contribution is -0.133. The van der Waals surface area contributed by atoms with Gasteiger partial charge in [0.1, 0.15) is 0 Å². The van der Waals surface area contributed by atoms with Crippen LogP contribution < -0.4 is 10.2 Å². The number of hydrogen-bond acceptors (Lipinski definition) is 4. The number of nitrogens with one attached hydrogen (secondary N) is 1. The van der Waals surface area contributed by atoms with E-state index in [1.165, 1.54) is 0 Å². The molecule has 3 aromatic rings. The summed E-state index contributed by atoms with van der Waals surface area (Å²) in [6.07, 6.45) is 3.68. The number of benzene rings is 3. The molecule has 5 rings (SSSR count). The third kappa shape index (κ3) is 6.62. The van der Waals surface area contributed by atoms with Crippen LogP contribution in [-0.2, 0) is 16.1 Å². The summed E-state index contributed by atoms with van der Waals surface area (Å²) in [5, 5.41) is 3.03. The summed E-state index contributed by atoms with van der Waals surface area (Å²) < 4.78 is 0. The van der Waals surface area contributed by atoms with Crippen molar-refractivity contribution < 1.29 is 14.4 Å². The van der Waals surface area contributed by atoms with Crippen LogP contribution in [0.15, 0.2) is 78.9 Å². The molecule has 1 saturated heterocycles. The van der Waals surface area contributed by atoms with Gasteiger partial charge in [-0.2, -0.15) is 0 Å². The second-order valence-electron chi connectivity index (χ2n) is 11.2. The fourth-order valence-electron chi connectivity index (χ4n) is 5.74. The van der Waals surface area contributed by atoms with Gasteiger partial charge in [0.2, 0.25) is 11.8 Å². The Morgan fingerprint density at radius 1 is 0.902 bits per heavy atom. The number of carbonyl (C=O) groups is 3. The summed E-state index contributed by atoms with van der Waals surface area (Å²) >= 11 is 0. The Bertz CT molecular complexity index is 1350. The molecule has 7 nitrogen and oxygen atoms in total. The minimum Gasteiger partial charge on any atom is -0.367 e. The summed E-state index contributed by atoms with van der Waals surface area (Å²) in [5.41, 5.74) is 4.14. The van der Waals surface area contributed by atoms with Gasteiger partial charge in [0.05, 0.1) is 11.5 Å². The van der Waals surface area contributed by atoms with Crippen LogP contribution in [0, 0.1) is 5.92 Å². The molecule has 2 aliphatic rings. The average molecular weight is 553 g/mol. The summed E-state index contributed by atoms with van der Waals surface area (Å²) in [6.45, 7) is 4.99. The van der Waals surface area contributed by atoms with Crippen LogP contribution in [0.2, 0.25) is 0 Å². The van der Waals surface area contributed by atoms with Crippen LogP contribution in [0.3, 0.4) is 0 Å². The lowest BCUT2D eigenvalue weighted by Crippen LogP contribution is -2.50. The molecule has 214 valence electrons. The van der Waals surface area contributed by atoms with Gasteiger partial charge in [0.15, 0.2) is 0 Å². The molecular formula is C34H40N4O3. The molecule has 0 bridgehead atoms. The van der Waals surface area contributed by atoms with Crippen molar-refractivity contribution in [2.75, 3.05) is 43.4 Å². The maximum atomic E-state index is 13.8. The van der Waals surface area contributed by atoms with E-state index < -0.39 is 0 Å². The van der Waals surface area contributed by atoms with E-state index in [0.29, 0.717) is 44.0 Å². The highest BCUT2D eigenvalue weighted by atomic mass is 16.2. The number of amides is 3. The zero-order valence-electron chi connectivity index (χ0n) is 24.1. The van der Waals surface area contributed by atoms with E-state index in [2.05, 4.69) is 17.1 Å².